The molecule has 1 aliphatic rings. The molecular weight excluding hydrogens is 236 g/mol. The monoisotopic (exact) mass is 250 g/mol. The van der Waals surface area contributed by atoms with Crippen molar-refractivity contribution in [1.29, 1.82) is 0 Å². The maximum absolute atomic E-state index is 11.5. The van der Waals surface area contributed by atoms with Gasteiger partial charge < -0.3 is 15.7 Å². The molecule has 3 N–H and O–H groups in total. The molecule has 0 unspecified atom stereocenters. The van der Waals surface area contributed by atoms with Gasteiger partial charge in [-0.2, -0.15) is 0 Å². The van der Waals surface area contributed by atoms with E-state index in [4.69, 9.17) is 15.6 Å². The summed E-state index contributed by atoms with van der Waals surface area (Å²) < 4.78 is 0. The van der Waals surface area contributed by atoms with Crippen LogP contribution in [0.15, 0.2) is 24.3 Å². The van der Waals surface area contributed by atoms with Crippen LogP contribution in [-0.2, 0) is 9.59 Å². The van der Waals surface area contributed by atoms with Crippen molar-refractivity contribution in [3.8, 4) is 0 Å². The Bertz CT molecular complexity index is 459. The summed E-state index contributed by atoms with van der Waals surface area (Å²) in [5, 5.41) is 6.89. The average Bonchev–Trinajstić information content (AvgIpc) is 2.76. The first-order valence-corrected chi connectivity index (χ1v) is 5.39. The molecule has 0 spiro atoms. The second-order valence-electron chi connectivity index (χ2n) is 3.64. The first kappa shape index (κ1) is 13.7. The Kier molecular flexibility index (Phi) is 4.86. The van der Waals surface area contributed by atoms with Gasteiger partial charge in [-0.15, -0.1) is 0 Å². The zero-order chi connectivity index (χ0) is 13.5. The smallest absolute Gasteiger partial charge is 0.290 e. The van der Waals surface area contributed by atoms with Crippen LogP contribution in [0.2, 0.25) is 0 Å². The van der Waals surface area contributed by atoms with Gasteiger partial charge in [-0.3, -0.25) is 14.4 Å². The highest BCUT2D eigenvalue weighted by Crippen LogP contribution is 2.24. The van der Waals surface area contributed by atoms with Gasteiger partial charge in [0.05, 0.1) is 11.3 Å². The molecule has 6 nitrogen and oxygen atoms in total. The third kappa shape index (κ3) is 3.07. The van der Waals surface area contributed by atoms with Crippen LogP contribution in [0.1, 0.15) is 23.2 Å². The lowest BCUT2D eigenvalue weighted by Crippen LogP contribution is -2.27. The molecule has 0 atom stereocenters. The van der Waals surface area contributed by atoms with E-state index >= 15 is 0 Å². The lowest BCUT2D eigenvalue weighted by Gasteiger charge is -2.17. The molecule has 1 aromatic carbocycles. The standard InChI is InChI=1S/C11H12N2O2.CH2O2/c12-11(15)8-4-1-2-5-9(8)13-7-3-6-10(13)14;2-1-3/h1-2,4-5H,3,6-7H2,(H2,12,15);1H,(H,2,3). The van der Waals surface area contributed by atoms with Crippen LogP contribution >= 0.6 is 0 Å². The summed E-state index contributed by atoms with van der Waals surface area (Å²) in [4.78, 5) is 32.7. The number of nitrogens with zero attached hydrogens (tertiary/aromatic N) is 1. The molecule has 1 aliphatic heterocycles. The molecule has 0 radical (unpaired) electrons. The fourth-order valence-corrected chi connectivity index (χ4v) is 1.82. The Hall–Kier alpha value is -2.37. The van der Waals surface area contributed by atoms with E-state index in [0.29, 0.717) is 24.2 Å². The van der Waals surface area contributed by atoms with Gasteiger partial charge in [-0.25, -0.2) is 0 Å². The summed E-state index contributed by atoms with van der Waals surface area (Å²) in [5.74, 6) is -0.436. The first-order valence-electron chi connectivity index (χ1n) is 5.39. The molecule has 0 saturated carbocycles. The quantitative estimate of drug-likeness (QED) is 0.751. The Morgan fingerprint density at radius 2 is 2.00 bits per heavy atom. The van der Waals surface area contributed by atoms with E-state index in [1.54, 1.807) is 29.2 Å². The predicted molar refractivity (Wildman–Crippen MR) is 65.2 cm³/mol. The van der Waals surface area contributed by atoms with Gasteiger partial charge in [-0.05, 0) is 18.6 Å². The number of primary amides is 1. The number of carboxylic acid groups (broad SMARTS) is 1. The number of rotatable bonds is 2. The van der Waals surface area contributed by atoms with Crippen molar-refractivity contribution in [3.05, 3.63) is 29.8 Å². The van der Waals surface area contributed by atoms with E-state index in [1.165, 1.54) is 0 Å². The lowest BCUT2D eigenvalue weighted by molar-refractivity contribution is -0.123. The molecule has 6 heteroatoms. The molecule has 96 valence electrons. The molecule has 18 heavy (non-hydrogen) atoms. The molecule has 2 amide bonds. The molecule has 2 rings (SSSR count). The van der Waals surface area contributed by atoms with E-state index in [-0.39, 0.29) is 12.4 Å². The van der Waals surface area contributed by atoms with Crippen LogP contribution in [0, 0.1) is 0 Å². The minimum absolute atomic E-state index is 0.0590. The highest BCUT2D eigenvalue weighted by atomic mass is 16.3. The summed E-state index contributed by atoms with van der Waals surface area (Å²) in [6.45, 7) is 0.420. The highest BCUT2D eigenvalue weighted by Gasteiger charge is 2.24. The van der Waals surface area contributed by atoms with Gasteiger partial charge in [0.2, 0.25) is 5.91 Å². The number of nitrogens with two attached hydrogens (primary N) is 1. The molecule has 1 saturated heterocycles. The summed E-state index contributed by atoms with van der Waals surface area (Å²) in [6, 6.07) is 6.93. The van der Waals surface area contributed by atoms with E-state index in [1.807, 2.05) is 0 Å². The number of hydrogen-bond acceptors (Lipinski definition) is 3. The average molecular weight is 250 g/mol. The number of hydrogen-bond donors (Lipinski definition) is 2. The lowest BCUT2D eigenvalue weighted by atomic mass is 10.1. The molecule has 0 aromatic heterocycles. The van der Waals surface area contributed by atoms with Crippen molar-refractivity contribution in [2.45, 2.75) is 12.8 Å². The second kappa shape index (κ2) is 6.39. The van der Waals surface area contributed by atoms with E-state index in [0.717, 1.165) is 6.42 Å². The largest absolute Gasteiger partial charge is 0.483 e. The van der Waals surface area contributed by atoms with E-state index in [2.05, 4.69) is 0 Å². The normalized spacial score (nSPS) is 13.8. The van der Waals surface area contributed by atoms with E-state index < -0.39 is 5.91 Å². The van der Waals surface area contributed by atoms with Crippen LogP contribution in [0.4, 0.5) is 5.69 Å². The number of anilines is 1. The van der Waals surface area contributed by atoms with Crippen molar-refractivity contribution in [3.63, 3.8) is 0 Å². The topological polar surface area (TPSA) is 101 Å². The van der Waals surface area contributed by atoms with Crippen molar-refractivity contribution in [1.82, 2.24) is 0 Å². The Morgan fingerprint density at radius 3 is 2.50 bits per heavy atom. The SMILES string of the molecule is NC(=O)c1ccccc1N1CCCC1=O.O=CO. The molecular formula is C12H14N2O4. The number of carbonyl (C=O) groups excluding carboxylic acids is 2. The van der Waals surface area contributed by atoms with Gasteiger partial charge in [0.1, 0.15) is 0 Å². The number of amides is 2. The summed E-state index contributed by atoms with van der Waals surface area (Å²) >= 11 is 0. The predicted octanol–water partition coefficient (Wildman–Crippen LogP) is 0.613. The van der Waals surface area contributed by atoms with Gasteiger partial charge in [0.25, 0.3) is 12.4 Å². The van der Waals surface area contributed by atoms with Gasteiger partial charge in [0.15, 0.2) is 0 Å². The number of para-hydroxylation sites is 1. The molecule has 0 bridgehead atoms. The van der Waals surface area contributed by atoms with Gasteiger partial charge in [-0.1, -0.05) is 12.1 Å². The molecule has 1 fully saturated rings. The first-order chi connectivity index (χ1) is 8.61. The Labute approximate surface area is 104 Å². The van der Waals surface area contributed by atoms with Gasteiger partial charge in [0, 0.05) is 13.0 Å². The maximum Gasteiger partial charge on any atom is 0.290 e. The Morgan fingerprint density at radius 1 is 1.39 bits per heavy atom. The molecule has 0 aliphatic carbocycles. The van der Waals surface area contributed by atoms with Crippen molar-refractivity contribution in [2.75, 3.05) is 11.4 Å². The zero-order valence-electron chi connectivity index (χ0n) is 9.70. The van der Waals surface area contributed by atoms with E-state index in [9.17, 15) is 9.59 Å². The highest BCUT2D eigenvalue weighted by molar-refractivity contribution is 6.04. The summed E-state index contributed by atoms with van der Waals surface area (Å²) in [6.07, 6.45) is 1.39. The third-order valence-corrected chi connectivity index (χ3v) is 2.53. The fourth-order valence-electron chi connectivity index (χ4n) is 1.82. The minimum Gasteiger partial charge on any atom is -0.483 e. The summed E-state index contributed by atoms with van der Waals surface area (Å²) in [7, 11) is 0. The van der Waals surface area contributed by atoms with Gasteiger partial charge >= 0.3 is 0 Å². The number of benzene rings is 1. The Balaban J connectivity index is 0.000000492. The summed E-state index contributed by atoms with van der Waals surface area (Å²) in [5.41, 5.74) is 6.29. The molecule has 1 heterocycles. The second-order valence-corrected chi connectivity index (χ2v) is 3.64. The zero-order valence-corrected chi connectivity index (χ0v) is 9.70. The fraction of sp³-hybridized carbons (Fsp3) is 0.250. The molecule has 1 aromatic rings. The maximum atomic E-state index is 11.5. The van der Waals surface area contributed by atoms with Crippen molar-refractivity contribution >= 4 is 24.0 Å². The van der Waals surface area contributed by atoms with Crippen LogP contribution in [0.3, 0.4) is 0 Å². The van der Waals surface area contributed by atoms with Crippen LogP contribution in [-0.4, -0.2) is 29.9 Å². The van der Waals surface area contributed by atoms with Crippen molar-refractivity contribution in [2.24, 2.45) is 5.73 Å². The third-order valence-electron chi connectivity index (χ3n) is 2.53. The van der Waals surface area contributed by atoms with Crippen LogP contribution in [0.25, 0.3) is 0 Å². The minimum atomic E-state index is -0.495. The number of carbonyl (C=O) groups is 3. The van der Waals surface area contributed by atoms with Crippen LogP contribution < -0.4 is 10.6 Å². The van der Waals surface area contributed by atoms with Crippen LogP contribution in [0.5, 0.6) is 0 Å². The van der Waals surface area contributed by atoms with Crippen molar-refractivity contribution < 1.29 is 19.5 Å².